The van der Waals surface area contributed by atoms with Crippen molar-refractivity contribution in [2.45, 2.75) is 19.9 Å². The highest BCUT2D eigenvalue weighted by Gasteiger charge is 2.18. The molecular formula is C22H20N7O2. The summed E-state index contributed by atoms with van der Waals surface area (Å²) in [5.41, 5.74) is 4.66. The summed E-state index contributed by atoms with van der Waals surface area (Å²) in [6.45, 7) is 8.17. The van der Waals surface area contributed by atoms with Gasteiger partial charge in [0.1, 0.15) is 17.8 Å². The largest absolute Gasteiger partial charge is 0.360 e. The van der Waals surface area contributed by atoms with Gasteiger partial charge < -0.3 is 10.3 Å². The van der Waals surface area contributed by atoms with Crippen LogP contribution in [0.3, 0.4) is 0 Å². The van der Waals surface area contributed by atoms with Gasteiger partial charge in [-0.1, -0.05) is 23.8 Å². The number of pyridine rings is 1. The van der Waals surface area contributed by atoms with Gasteiger partial charge in [0.15, 0.2) is 5.82 Å². The molecule has 4 aromatic rings. The fraction of sp³-hybridized carbons (Fsp3) is 0.136. The Morgan fingerprint density at radius 2 is 1.94 bits per heavy atom. The molecule has 1 atom stereocenters. The summed E-state index contributed by atoms with van der Waals surface area (Å²) < 4.78 is 0. The lowest BCUT2D eigenvalue weighted by Crippen LogP contribution is -2.13. The van der Waals surface area contributed by atoms with Crippen LogP contribution in [0.15, 0.2) is 55.1 Å². The number of benzene rings is 1. The van der Waals surface area contributed by atoms with Gasteiger partial charge in [-0.15, -0.1) is 0 Å². The number of hydrogen-bond acceptors (Lipinski definition) is 7. The number of nitro groups is 1. The minimum absolute atomic E-state index is 0.0812. The standard InChI is InChI=1S/C22H20N7O2/c1-13-4-6-17(14(2)10-13)20-18(22-23-8-9-24-22)12-26-21(28-20)15(3)27-19-7-5-16(11-25-19)29(30)31/h4-12,15H,3H2,1-2H3,(H,23,24)(H,25,27). The molecule has 2 N–H and O–H groups in total. The lowest BCUT2D eigenvalue weighted by atomic mass is 9.99. The van der Waals surface area contributed by atoms with E-state index in [0.29, 0.717) is 17.5 Å². The van der Waals surface area contributed by atoms with Gasteiger partial charge >= 0.3 is 0 Å². The molecular weight excluding hydrogens is 394 g/mol. The van der Waals surface area contributed by atoms with Gasteiger partial charge in [-0.2, -0.15) is 0 Å². The third-order valence-corrected chi connectivity index (χ3v) is 4.79. The van der Waals surface area contributed by atoms with Crippen LogP contribution < -0.4 is 5.32 Å². The number of rotatable bonds is 6. The van der Waals surface area contributed by atoms with Crippen molar-refractivity contribution in [3.8, 4) is 22.6 Å². The Hall–Kier alpha value is -4.14. The van der Waals surface area contributed by atoms with E-state index < -0.39 is 11.0 Å². The maximum Gasteiger partial charge on any atom is 0.287 e. The molecule has 31 heavy (non-hydrogen) atoms. The molecule has 0 spiro atoms. The summed E-state index contributed by atoms with van der Waals surface area (Å²) >= 11 is 0. The number of nitrogens with zero attached hydrogens (tertiary/aromatic N) is 5. The van der Waals surface area contributed by atoms with Gasteiger partial charge in [0, 0.05) is 30.2 Å². The number of imidazole rings is 1. The van der Waals surface area contributed by atoms with Crippen molar-refractivity contribution in [2.75, 3.05) is 5.32 Å². The van der Waals surface area contributed by atoms with Crippen LogP contribution in [-0.4, -0.2) is 29.8 Å². The third-order valence-electron chi connectivity index (χ3n) is 4.79. The van der Waals surface area contributed by atoms with Gasteiger partial charge in [-0.25, -0.2) is 19.9 Å². The van der Waals surface area contributed by atoms with Crippen LogP contribution in [0, 0.1) is 30.9 Å². The Bertz CT molecular complexity index is 1220. The van der Waals surface area contributed by atoms with E-state index in [9.17, 15) is 10.1 Å². The van der Waals surface area contributed by atoms with Crippen LogP contribution in [-0.2, 0) is 0 Å². The topological polar surface area (TPSA) is 123 Å². The van der Waals surface area contributed by atoms with Crippen LogP contribution >= 0.6 is 0 Å². The second kappa shape index (κ2) is 8.31. The van der Waals surface area contributed by atoms with E-state index in [1.54, 1.807) is 18.6 Å². The minimum atomic E-state index is -0.524. The Morgan fingerprint density at radius 3 is 2.58 bits per heavy atom. The summed E-state index contributed by atoms with van der Waals surface area (Å²) in [5, 5.41) is 13.9. The van der Waals surface area contributed by atoms with Gasteiger partial charge in [0.25, 0.3) is 5.69 Å². The molecule has 0 aliphatic rings. The Kier molecular flexibility index (Phi) is 5.40. The molecule has 155 valence electrons. The van der Waals surface area contributed by atoms with Crippen molar-refractivity contribution >= 4 is 11.5 Å². The molecule has 9 nitrogen and oxygen atoms in total. The molecule has 0 saturated carbocycles. The highest BCUT2D eigenvalue weighted by molar-refractivity contribution is 5.78. The zero-order valence-electron chi connectivity index (χ0n) is 17.0. The van der Waals surface area contributed by atoms with Crippen LogP contribution in [0.1, 0.15) is 23.0 Å². The first-order valence-corrected chi connectivity index (χ1v) is 9.57. The highest BCUT2D eigenvalue weighted by Crippen LogP contribution is 2.31. The van der Waals surface area contributed by atoms with Crippen molar-refractivity contribution < 1.29 is 4.92 Å². The number of nitrogens with one attached hydrogen (secondary N) is 2. The van der Waals surface area contributed by atoms with E-state index >= 15 is 0 Å². The van der Waals surface area contributed by atoms with E-state index in [1.165, 1.54) is 18.3 Å². The zero-order valence-corrected chi connectivity index (χ0v) is 17.0. The molecule has 0 aliphatic carbocycles. The Balaban J connectivity index is 1.71. The van der Waals surface area contributed by atoms with Gasteiger partial charge in [0.05, 0.1) is 22.2 Å². The fourth-order valence-electron chi connectivity index (χ4n) is 3.26. The van der Waals surface area contributed by atoms with E-state index in [2.05, 4.69) is 38.2 Å². The maximum absolute atomic E-state index is 10.8. The molecule has 3 aromatic heterocycles. The van der Waals surface area contributed by atoms with Crippen molar-refractivity contribution in [1.29, 1.82) is 0 Å². The fourth-order valence-corrected chi connectivity index (χ4v) is 3.26. The van der Waals surface area contributed by atoms with Crippen LogP contribution in [0.5, 0.6) is 0 Å². The van der Waals surface area contributed by atoms with Crippen LogP contribution in [0.2, 0.25) is 0 Å². The SMILES string of the molecule is [CH2]C(Nc1ccc([N+](=O)[O-])cn1)c1ncc(-c2ncc[nH]2)c(-c2ccc(C)cc2C)n1. The summed E-state index contributed by atoms with van der Waals surface area (Å²) in [6.07, 6.45) is 6.35. The Morgan fingerprint density at radius 1 is 1.10 bits per heavy atom. The molecule has 3 heterocycles. The van der Waals surface area contributed by atoms with Crippen molar-refractivity contribution in [3.05, 3.63) is 89.1 Å². The van der Waals surface area contributed by atoms with E-state index in [0.717, 1.165) is 27.9 Å². The quantitative estimate of drug-likeness (QED) is 0.353. The number of H-pyrrole nitrogens is 1. The number of anilines is 1. The van der Waals surface area contributed by atoms with E-state index in [4.69, 9.17) is 4.98 Å². The van der Waals surface area contributed by atoms with Crippen LogP contribution in [0.4, 0.5) is 11.5 Å². The van der Waals surface area contributed by atoms with E-state index in [1.807, 2.05) is 26.0 Å². The summed E-state index contributed by atoms with van der Waals surface area (Å²) in [5.74, 6) is 1.58. The third kappa shape index (κ3) is 4.25. The van der Waals surface area contributed by atoms with Gasteiger partial charge in [0.2, 0.25) is 0 Å². The molecule has 1 unspecified atom stereocenters. The van der Waals surface area contributed by atoms with Crippen LogP contribution in [0.25, 0.3) is 22.6 Å². The van der Waals surface area contributed by atoms with Gasteiger partial charge in [-0.3, -0.25) is 10.1 Å². The molecule has 0 bridgehead atoms. The lowest BCUT2D eigenvalue weighted by Gasteiger charge is -2.16. The highest BCUT2D eigenvalue weighted by atomic mass is 16.6. The van der Waals surface area contributed by atoms with E-state index in [-0.39, 0.29) is 5.69 Å². The normalized spacial score (nSPS) is 11.8. The maximum atomic E-state index is 10.8. The molecule has 1 radical (unpaired) electrons. The predicted molar refractivity (Wildman–Crippen MR) is 117 cm³/mol. The first-order valence-electron chi connectivity index (χ1n) is 9.57. The molecule has 0 fully saturated rings. The average molecular weight is 414 g/mol. The first kappa shape index (κ1) is 20.1. The second-order valence-electron chi connectivity index (χ2n) is 7.10. The van der Waals surface area contributed by atoms with Crippen molar-refractivity contribution in [3.63, 3.8) is 0 Å². The smallest absolute Gasteiger partial charge is 0.287 e. The predicted octanol–water partition coefficient (Wildman–Crippen LogP) is 4.44. The average Bonchev–Trinajstić information content (AvgIpc) is 3.28. The number of hydrogen-bond donors (Lipinski definition) is 2. The molecule has 0 amide bonds. The summed E-state index contributed by atoms with van der Waals surface area (Å²) in [6, 6.07) is 8.56. The second-order valence-corrected chi connectivity index (χ2v) is 7.10. The van der Waals surface area contributed by atoms with Crippen molar-refractivity contribution in [1.82, 2.24) is 24.9 Å². The summed E-state index contributed by atoms with van der Waals surface area (Å²) in [7, 11) is 0. The zero-order chi connectivity index (χ0) is 22.0. The molecule has 9 heteroatoms. The Labute approximate surface area is 178 Å². The molecule has 0 aliphatic heterocycles. The van der Waals surface area contributed by atoms with Crippen molar-refractivity contribution in [2.24, 2.45) is 0 Å². The number of aromatic amines is 1. The summed E-state index contributed by atoms with van der Waals surface area (Å²) in [4.78, 5) is 31.1. The minimum Gasteiger partial charge on any atom is -0.360 e. The molecule has 0 saturated heterocycles. The lowest BCUT2D eigenvalue weighted by molar-refractivity contribution is -0.385. The monoisotopic (exact) mass is 414 g/mol. The number of aromatic nitrogens is 5. The first-order chi connectivity index (χ1) is 14.9. The number of aryl methyl sites for hydroxylation is 2. The molecule has 1 aromatic carbocycles. The van der Waals surface area contributed by atoms with Gasteiger partial charge in [-0.05, 0) is 32.4 Å². The molecule has 4 rings (SSSR count).